The normalized spacial score (nSPS) is 10.4. The van der Waals surface area contributed by atoms with E-state index in [9.17, 15) is 4.79 Å². The molecule has 0 fully saturated rings. The van der Waals surface area contributed by atoms with Gasteiger partial charge in [-0.1, -0.05) is 6.07 Å². The van der Waals surface area contributed by atoms with Crippen LogP contribution in [0.4, 0.5) is 5.69 Å². The number of nitrogen functional groups attached to an aromatic ring is 1. The molecule has 1 rings (SSSR count). The van der Waals surface area contributed by atoms with Crippen LogP contribution in [0.25, 0.3) is 0 Å². The molecule has 1 aromatic rings. The van der Waals surface area contributed by atoms with Crippen LogP contribution in [-0.2, 0) is 4.79 Å². The third kappa shape index (κ3) is 3.66. The number of anilines is 1. The number of hydrogen-bond donors (Lipinski definition) is 2. The number of carbonyl (C=O) groups excluding carboxylic acids is 1. The largest absolute Gasteiger partial charge is 0.483 e. The van der Waals surface area contributed by atoms with Gasteiger partial charge in [0.15, 0.2) is 6.61 Å². The van der Waals surface area contributed by atoms with E-state index in [1.807, 2.05) is 39.8 Å². The Bertz CT molecular complexity index is 414. The molecular formula is C13H20N2O2. The number of ether oxygens (including phenoxy) is 1. The number of carbonyl (C=O) groups is 1. The van der Waals surface area contributed by atoms with Gasteiger partial charge < -0.3 is 15.8 Å². The lowest BCUT2D eigenvalue weighted by Gasteiger charge is -2.14. The first-order valence-corrected chi connectivity index (χ1v) is 5.69. The quantitative estimate of drug-likeness (QED) is 0.783. The Balaban J connectivity index is 2.69. The summed E-state index contributed by atoms with van der Waals surface area (Å²) in [4.78, 5) is 11.5. The Morgan fingerprint density at radius 1 is 1.41 bits per heavy atom. The standard InChI is InChI=1S/C13H20N2O2/c1-8(2)15-12(16)7-17-13-9(3)5-6-11(14)10(13)4/h5-6,8H,7,14H2,1-4H3,(H,15,16). The SMILES string of the molecule is Cc1ccc(N)c(C)c1OCC(=O)NC(C)C. The summed E-state index contributed by atoms with van der Waals surface area (Å²) in [6, 6.07) is 3.85. The van der Waals surface area contributed by atoms with Crippen LogP contribution < -0.4 is 15.8 Å². The van der Waals surface area contributed by atoms with E-state index >= 15 is 0 Å². The summed E-state index contributed by atoms with van der Waals surface area (Å²) < 4.78 is 5.52. The van der Waals surface area contributed by atoms with E-state index in [0.717, 1.165) is 11.1 Å². The van der Waals surface area contributed by atoms with E-state index in [-0.39, 0.29) is 18.6 Å². The molecule has 0 aliphatic heterocycles. The molecule has 0 aliphatic rings. The summed E-state index contributed by atoms with van der Waals surface area (Å²) in [5, 5.41) is 2.77. The van der Waals surface area contributed by atoms with Gasteiger partial charge in [-0.05, 0) is 39.3 Å². The number of aryl methyl sites for hydroxylation is 1. The number of benzene rings is 1. The minimum Gasteiger partial charge on any atom is -0.483 e. The number of nitrogens with one attached hydrogen (secondary N) is 1. The average Bonchev–Trinajstić information content (AvgIpc) is 2.23. The maximum Gasteiger partial charge on any atom is 0.258 e. The van der Waals surface area contributed by atoms with Crippen LogP contribution in [0.2, 0.25) is 0 Å². The first-order valence-electron chi connectivity index (χ1n) is 5.69. The van der Waals surface area contributed by atoms with E-state index < -0.39 is 0 Å². The van der Waals surface area contributed by atoms with Crippen molar-refractivity contribution in [1.82, 2.24) is 5.32 Å². The van der Waals surface area contributed by atoms with Gasteiger partial charge in [-0.2, -0.15) is 0 Å². The lowest BCUT2D eigenvalue weighted by molar-refractivity contribution is -0.123. The summed E-state index contributed by atoms with van der Waals surface area (Å²) >= 11 is 0. The highest BCUT2D eigenvalue weighted by atomic mass is 16.5. The second-order valence-corrected chi connectivity index (χ2v) is 4.44. The fourth-order valence-electron chi connectivity index (χ4n) is 1.57. The van der Waals surface area contributed by atoms with Gasteiger partial charge >= 0.3 is 0 Å². The molecule has 0 bridgehead atoms. The fourth-order valence-corrected chi connectivity index (χ4v) is 1.57. The predicted octanol–water partition coefficient (Wildman–Crippen LogP) is 1.79. The van der Waals surface area contributed by atoms with Crippen molar-refractivity contribution in [2.75, 3.05) is 12.3 Å². The molecule has 0 aliphatic carbocycles. The van der Waals surface area contributed by atoms with Crippen LogP contribution in [0, 0.1) is 13.8 Å². The lowest BCUT2D eigenvalue weighted by atomic mass is 10.1. The number of nitrogens with two attached hydrogens (primary N) is 1. The Morgan fingerprint density at radius 2 is 2.06 bits per heavy atom. The van der Waals surface area contributed by atoms with Crippen molar-refractivity contribution in [3.63, 3.8) is 0 Å². The molecule has 0 saturated carbocycles. The Kier molecular flexibility index (Phi) is 4.37. The minimum absolute atomic E-state index is 0.0172. The molecule has 0 saturated heterocycles. The van der Waals surface area contributed by atoms with Gasteiger partial charge in [0, 0.05) is 17.3 Å². The number of rotatable bonds is 4. The minimum atomic E-state index is -0.124. The van der Waals surface area contributed by atoms with Crippen molar-refractivity contribution in [2.24, 2.45) is 0 Å². The molecule has 3 N–H and O–H groups in total. The van der Waals surface area contributed by atoms with Crippen molar-refractivity contribution >= 4 is 11.6 Å². The topological polar surface area (TPSA) is 64.3 Å². The summed E-state index contributed by atoms with van der Waals surface area (Å²) in [5.41, 5.74) is 8.33. The first kappa shape index (κ1) is 13.4. The average molecular weight is 236 g/mol. The van der Waals surface area contributed by atoms with Gasteiger partial charge in [-0.25, -0.2) is 0 Å². The molecule has 0 radical (unpaired) electrons. The highest BCUT2D eigenvalue weighted by Crippen LogP contribution is 2.27. The summed E-state index contributed by atoms with van der Waals surface area (Å²) in [6.45, 7) is 7.66. The molecule has 0 aromatic heterocycles. The molecule has 94 valence electrons. The highest BCUT2D eigenvalue weighted by molar-refractivity contribution is 5.78. The zero-order chi connectivity index (χ0) is 13.0. The van der Waals surface area contributed by atoms with Gasteiger partial charge in [-0.3, -0.25) is 4.79 Å². The molecule has 1 aromatic carbocycles. The van der Waals surface area contributed by atoms with E-state index in [4.69, 9.17) is 10.5 Å². The van der Waals surface area contributed by atoms with Gasteiger partial charge in [0.2, 0.25) is 0 Å². The van der Waals surface area contributed by atoms with Crippen molar-refractivity contribution in [3.05, 3.63) is 23.3 Å². The number of hydrogen-bond acceptors (Lipinski definition) is 3. The maximum atomic E-state index is 11.5. The lowest BCUT2D eigenvalue weighted by Crippen LogP contribution is -2.34. The van der Waals surface area contributed by atoms with Crippen LogP contribution in [0.3, 0.4) is 0 Å². The number of amides is 1. The predicted molar refractivity (Wildman–Crippen MR) is 69.1 cm³/mol. The van der Waals surface area contributed by atoms with E-state index in [0.29, 0.717) is 11.4 Å². The van der Waals surface area contributed by atoms with Gasteiger partial charge in [0.05, 0.1) is 0 Å². The summed E-state index contributed by atoms with van der Waals surface area (Å²) in [5.74, 6) is 0.574. The van der Waals surface area contributed by atoms with E-state index in [2.05, 4.69) is 5.32 Å². The van der Waals surface area contributed by atoms with Gasteiger partial charge in [0.25, 0.3) is 5.91 Å². The van der Waals surface area contributed by atoms with Crippen LogP contribution in [-0.4, -0.2) is 18.6 Å². The maximum absolute atomic E-state index is 11.5. The molecule has 0 unspecified atom stereocenters. The van der Waals surface area contributed by atoms with Crippen LogP contribution in [0.1, 0.15) is 25.0 Å². The smallest absolute Gasteiger partial charge is 0.258 e. The molecule has 0 heterocycles. The second kappa shape index (κ2) is 5.57. The molecule has 0 atom stereocenters. The Morgan fingerprint density at radius 3 is 2.65 bits per heavy atom. The highest BCUT2D eigenvalue weighted by Gasteiger charge is 2.09. The first-order chi connectivity index (χ1) is 7.91. The molecule has 4 heteroatoms. The molecule has 0 spiro atoms. The molecule has 4 nitrogen and oxygen atoms in total. The fraction of sp³-hybridized carbons (Fsp3) is 0.462. The second-order valence-electron chi connectivity index (χ2n) is 4.44. The van der Waals surface area contributed by atoms with Crippen LogP contribution in [0.15, 0.2) is 12.1 Å². The van der Waals surface area contributed by atoms with Gasteiger partial charge in [0.1, 0.15) is 5.75 Å². The molecule has 17 heavy (non-hydrogen) atoms. The Labute approximate surface area is 102 Å². The summed E-state index contributed by atoms with van der Waals surface area (Å²) in [6.07, 6.45) is 0. The summed E-state index contributed by atoms with van der Waals surface area (Å²) in [7, 11) is 0. The Hall–Kier alpha value is -1.71. The van der Waals surface area contributed by atoms with Crippen molar-refractivity contribution in [1.29, 1.82) is 0 Å². The van der Waals surface area contributed by atoms with Crippen molar-refractivity contribution in [3.8, 4) is 5.75 Å². The molecular weight excluding hydrogens is 216 g/mol. The van der Waals surface area contributed by atoms with Gasteiger partial charge in [-0.15, -0.1) is 0 Å². The third-order valence-electron chi connectivity index (χ3n) is 2.44. The van der Waals surface area contributed by atoms with Crippen molar-refractivity contribution < 1.29 is 9.53 Å². The molecule has 1 amide bonds. The zero-order valence-corrected chi connectivity index (χ0v) is 10.8. The van der Waals surface area contributed by atoms with E-state index in [1.165, 1.54) is 0 Å². The van der Waals surface area contributed by atoms with Crippen LogP contribution >= 0.6 is 0 Å². The monoisotopic (exact) mass is 236 g/mol. The third-order valence-corrected chi connectivity index (χ3v) is 2.44. The van der Waals surface area contributed by atoms with Crippen molar-refractivity contribution in [2.45, 2.75) is 33.7 Å². The van der Waals surface area contributed by atoms with Crippen LogP contribution in [0.5, 0.6) is 5.75 Å². The van der Waals surface area contributed by atoms with E-state index in [1.54, 1.807) is 0 Å². The zero-order valence-electron chi connectivity index (χ0n) is 10.8.